The molecule has 1 heterocycles. The minimum absolute atomic E-state index is 0.495. The van der Waals surface area contributed by atoms with Crippen LogP contribution in [0.4, 0.5) is 11.4 Å². The molecule has 5 heteroatoms. The molecule has 1 unspecified atom stereocenters. The van der Waals surface area contributed by atoms with Gasteiger partial charge in [0.1, 0.15) is 0 Å². The quantitative estimate of drug-likeness (QED) is 0.450. The summed E-state index contributed by atoms with van der Waals surface area (Å²) in [4.78, 5) is 1.32. The topological polar surface area (TPSA) is 3.24 Å². The second-order valence-corrected chi connectivity index (χ2v) is 8.22. The summed E-state index contributed by atoms with van der Waals surface area (Å²) in [7, 11) is 0. The molecule has 0 bridgehead atoms. The molecule has 1 aliphatic heterocycles. The van der Waals surface area contributed by atoms with E-state index in [0.717, 1.165) is 29.4 Å². The van der Waals surface area contributed by atoms with Gasteiger partial charge >= 0.3 is 0 Å². The van der Waals surface area contributed by atoms with E-state index in [1.807, 2.05) is 35.8 Å². The van der Waals surface area contributed by atoms with Gasteiger partial charge in [0.05, 0.1) is 16.0 Å². The van der Waals surface area contributed by atoms with Crippen molar-refractivity contribution in [1.29, 1.82) is 0 Å². The Hall–Kier alpha value is -0.480. The highest BCUT2D eigenvalue weighted by Gasteiger charge is 2.26. The van der Waals surface area contributed by atoms with Gasteiger partial charge in [0.15, 0.2) is 0 Å². The minimum Gasteiger partial charge on any atom is -0.282 e. The van der Waals surface area contributed by atoms with E-state index in [1.54, 1.807) is 0 Å². The minimum atomic E-state index is 0.495. The van der Waals surface area contributed by atoms with Gasteiger partial charge in [-0.05, 0) is 61.2 Å². The predicted octanol–water partition coefficient (Wildman–Crippen LogP) is 6.58. The predicted molar refractivity (Wildman–Crippen MR) is 97.2 cm³/mol. The highest BCUT2D eigenvalue weighted by molar-refractivity contribution is 8.18. The van der Waals surface area contributed by atoms with Gasteiger partial charge in [-0.15, -0.1) is 23.4 Å². The van der Waals surface area contributed by atoms with Crippen LogP contribution in [-0.4, -0.2) is 10.5 Å². The van der Waals surface area contributed by atoms with Gasteiger partial charge in [0, 0.05) is 15.8 Å². The van der Waals surface area contributed by atoms with E-state index in [-0.39, 0.29) is 0 Å². The Bertz CT molecular complexity index is 603. The maximum absolute atomic E-state index is 6.00. The van der Waals surface area contributed by atoms with E-state index in [9.17, 15) is 0 Å². The zero-order valence-electron chi connectivity index (χ0n) is 11.3. The summed E-state index contributed by atoms with van der Waals surface area (Å²) in [5.74, 6) is 0.722. The Morgan fingerprint density at radius 2 is 1.81 bits per heavy atom. The maximum Gasteiger partial charge on any atom is 0.0754 e. The van der Waals surface area contributed by atoms with Crippen molar-refractivity contribution in [3.05, 3.63) is 53.6 Å². The van der Waals surface area contributed by atoms with Crippen LogP contribution < -0.4 is 4.31 Å². The molecule has 0 aliphatic carbocycles. The van der Waals surface area contributed by atoms with Crippen molar-refractivity contribution in [3.8, 4) is 0 Å². The third kappa shape index (κ3) is 3.65. The van der Waals surface area contributed by atoms with Crippen molar-refractivity contribution < 1.29 is 0 Å². The van der Waals surface area contributed by atoms with Crippen LogP contribution in [0.1, 0.15) is 12.8 Å². The van der Waals surface area contributed by atoms with Crippen LogP contribution in [0.15, 0.2) is 53.4 Å². The summed E-state index contributed by atoms with van der Waals surface area (Å²) >= 11 is 15.7. The van der Waals surface area contributed by atoms with Gasteiger partial charge in [-0.2, -0.15) is 0 Å². The van der Waals surface area contributed by atoms with Crippen LogP contribution in [-0.2, 0) is 0 Å². The Kier molecular flexibility index (Phi) is 5.28. The molecule has 110 valence electrons. The summed E-state index contributed by atoms with van der Waals surface area (Å²) in [5.41, 5.74) is 2.41. The van der Waals surface area contributed by atoms with Crippen molar-refractivity contribution in [3.63, 3.8) is 0 Å². The molecule has 0 aromatic heterocycles. The molecule has 0 N–H and O–H groups in total. The van der Waals surface area contributed by atoms with Crippen molar-refractivity contribution >= 4 is 58.3 Å². The Labute approximate surface area is 144 Å². The number of para-hydroxylation sites is 1. The highest BCUT2D eigenvalue weighted by Crippen LogP contribution is 2.51. The van der Waals surface area contributed by atoms with Gasteiger partial charge in [-0.1, -0.05) is 23.7 Å². The number of thioether (sulfide) groups is 1. The lowest BCUT2D eigenvalue weighted by Crippen LogP contribution is -2.18. The largest absolute Gasteiger partial charge is 0.282 e. The first kappa shape index (κ1) is 15.4. The number of halogens is 2. The lowest BCUT2D eigenvalue weighted by molar-refractivity contribution is 0.873. The molecule has 3 rings (SSSR count). The SMILES string of the molecule is ClCCCC1Sc2ccccc2N(c2ccc(Cl)cc2)S1. The summed E-state index contributed by atoms with van der Waals surface area (Å²) in [6.45, 7) is 0. The Morgan fingerprint density at radius 1 is 1.05 bits per heavy atom. The molecule has 0 saturated heterocycles. The first-order chi connectivity index (χ1) is 10.3. The van der Waals surface area contributed by atoms with E-state index in [1.165, 1.54) is 10.6 Å². The number of hydrogen-bond donors (Lipinski definition) is 0. The number of benzene rings is 2. The Balaban J connectivity index is 1.92. The summed E-state index contributed by atoms with van der Waals surface area (Å²) in [5, 5.41) is 0.766. The number of hydrogen-bond acceptors (Lipinski definition) is 3. The zero-order valence-corrected chi connectivity index (χ0v) is 14.5. The van der Waals surface area contributed by atoms with E-state index in [2.05, 4.69) is 40.7 Å². The number of rotatable bonds is 4. The van der Waals surface area contributed by atoms with Gasteiger partial charge in [-0.25, -0.2) is 0 Å². The summed E-state index contributed by atoms with van der Waals surface area (Å²) in [6, 6.07) is 16.6. The van der Waals surface area contributed by atoms with Crippen LogP contribution in [0.2, 0.25) is 5.02 Å². The fourth-order valence-electron chi connectivity index (χ4n) is 2.19. The van der Waals surface area contributed by atoms with Crippen LogP contribution in [0.5, 0.6) is 0 Å². The van der Waals surface area contributed by atoms with Crippen LogP contribution in [0.3, 0.4) is 0 Å². The van der Waals surface area contributed by atoms with Crippen LogP contribution in [0, 0.1) is 0 Å². The lowest BCUT2D eigenvalue weighted by atomic mass is 10.2. The molecule has 21 heavy (non-hydrogen) atoms. The molecule has 1 atom stereocenters. The van der Waals surface area contributed by atoms with E-state index in [0.29, 0.717) is 4.58 Å². The summed E-state index contributed by atoms with van der Waals surface area (Å²) < 4.78 is 2.80. The fraction of sp³-hybridized carbons (Fsp3) is 0.250. The van der Waals surface area contributed by atoms with Gasteiger partial charge in [0.25, 0.3) is 0 Å². The normalized spacial score (nSPS) is 17.6. The number of nitrogens with zero attached hydrogens (tertiary/aromatic N) is 1. The third-order valence-corrected chi connectivity index (χ3v) is 6.45. The van der Waals surface area contributed by atoms with E-state index in [4.69, 9.17) is 23.2 Å². The Morgan fingerprint density at radius 3 is 2.57 bits per heavy atom. The smallest absolute Gasteiger partial charge is 0.0754 e. The van der Waals surface area contributed by atoms with Crippen molar-refractivity contribution in [2.45, 2.75) is 22.3 Å². The molecule has 0 fully saturated rings. The molecule has 1 nitrogen and oxygen atoms in total. The van der Waals surface area contributed by atoms with Crippen LogP contribution >= 0.6 is 46.9 Å². The molecule has 0 spiro atoms. The molecule has 1 aliphatic rings. The molecular weight excluding hydrogens is 341 g/mol. The first-order valence-electron chi connectivity index (χ1n) is 6.82. The van der Waals surface area contributed by atoms with E-state index >= 15 is 0 Å². The van der Waals surface area contributed by atoms with Crippen molar-refractivity contribution in [2.75, 3.05) is 10.2 Å². The average molecular weight is 356 g/mol. The molecule has 2 aromatic carbocycles. The van der Waals surface area contributed by atoms with Crippen molar-refractivity contribution in [2.24, 2.45) is 0 Å². The molecule has 0 radical (unpaired) electrons. The van der Waals surface area contributed by atoms with Gasteiger partial charge in [-0.3, -0.25) is 4.31 Å². The lowest BCUT2D eigenvalue weighted by Gasteiger charge is -2.34. The zero-order chi connectivity index (χ0) is 14.7. The number of alkyl halides is 1. The second kappa shape index (κ2) is 7.19. The highest BCUT2D eigenvalue weighted by atomic mass is 35.5. The molecular formula is C16H15Cl2NS2. The van der Waals surface area contributed by atoms with Crippen molar-refractivity contribution in [1.82, 2.24) is 0 Å². The standard InChI is InChI=1S/C16H15Cl2NS2/c17-11-3-6-16-20-15-5-2-1-4-14(15)19(21-16)13-9-7-12(18)8-10-13/h1-2,4-5,7-10,16H,3,6,11H2. The third-order valence-electron chi connectivity index (χ3n) is 3.20. The average Bonchev–Trinajstić information content (AvgIpc) is 2.53. The summed E-state index contributed by atoms with van der Waals surface area (Å²) in [6.07, 6.45) is 2.15. The van der Waals surface area contributed by atoms with Gasteiger partial charge < -0.3 is 0 Å². The molecule has 0 saturated carbocycles. The second-order valence-electron chi connectivity index (χ2n) is 4.72. The number of fused-ring (bicyclic) bond motifs is 1. The first-order valence-corrected chi connectivity index (χ1v) is 9.45. The van der Waals surface area contributed by atoms with E-state index < -0.39 is 0 Å². The van der Waals surface area contributed by atoms with Crippen LogP contribution in [0.25, 0.3) is 0 Å². The fourth-order valence-corrected chi connectivity index (χ4v) is 5.30. The molecule has 2 aromatic rings. The van der Waals surface area contributed by atoms with Gasteiger partial charge in [0.2, 0.25) is 0 Å². The monoisotopic (exact) mass is 355 g/mol. The molecule has 0 amide bonds. The maximum atomic E-state index is 6.00. The number of anilines is 2.